The third-order valence-electron chi connectivity index (χ3n) is 3.01. The topological polar surface area (TPSA) is 101 Å². The van der Waals surface area contributed by atoms with E-state index in [9.17, 15) is 14.4 Å². The maximum absolute atomic E-state index is 12.3. The van der Waals surface area contributed by atoms with Crippen molar-refractivity contribution in [3.8, 4) is 6.07 Å². The lowest BCUT2D eigenvalue weighted by Gasteiger charge is -2.11. The van der Waals surface area contributed by atoms with Crippen molar-refractivity contribution in [3.63, 3.8) is 0 Å². The fourth-order valence-electron chi connectivity index (χ4n) is 2.03. The molecule has 2 heterocycles. The second-order valence-corrected chi connectivity index (χ2v) is 4.30. The van der Waals surface area contributed by atoms with Crippen LogP contribution < -0.4 is 0 Å². The number of Topliss-reactive ketones (excluding diaryl/α,β-unsaturated/α-hetero) is 1. The van der Waals surface area contributed by atoms with Gasteiger partial charge in [0.15, 0.2) is 17.3 Å². The molecule has 6 nitrogen and oxygen atoms in total. The van der Waals surface area contributed by atoms with Gasteiger partial charge in [-0.15, -0.1) is 0 Å². The molecule has 20 heavy (non-hydrogen) atoms. The number of aromatic nitrogens is 1. The molecule has 96 valence electrons. The molecule has 6 heteroatoms. The van der Waals surface area contributed by atoms with Crippen LogP contribution in [-0.4, -0.2) is 22.3 Å². The molecule has 0 aromatic carbocycles. The Bertz CT molecular complexity index is 839. The van der Waals surface area contributed by atoms with Crippen molar-refractivity contribution in [1.82, 2.24) is 4.98 Å². The summed E-state index contributed by atoms with van der Waals surface area (Å²) in [5, 5.41) is 8.81. The molecule has 0 unspecified atom stereocenters. The number of pyridine rings is 1. The Labute approximate surface area is 112 Å². The van der Waals surface area contributed by atoms with Gasteiger partial charge in [-0.3, -0.25) is 19.4 Å². The fourth-order valence-corrected chi connectivity index (χ4v) is 2.03. The summed E-state index contributed by atoms with van der Waals surface area (Å²) >= 11 is 0. The first kappa shape index (κ1) is 12.0. The molecule has 0 bridgehead atoms. The third kappa shape index (κ3) is 1.50. The van der Waals surface area contributed by atoms with E-state index in [-0.39, 0.29) is 39.7 Å². The number of furan rings is 1. The van der Waals surface area contributed by atoms with Crippen molar-refractivity contribution >= 4 is 17.3 Å². The van der Waals surface area contributed by atoms with Crippen LogP contribution in [0.4, 0.5) is 0 Å². The van der Waals surface area contributed by atoms with Crippen LogP contribution in [0.1, 0.15) is 55.2 Å². The minimum Gasteiger partial charge on any atom is -0.449 e. The van der Waals surface area contributed by atoms with Crippen molar-refractivity contribution in [2.24, 2.45) is 0 Å². The van der Waals surface area contributed by atoms with Gasteiger partial charge >= 0.3 is 0 Å². The number of carbonyl (C=O) groups excluding carboxylic acids is 3. The lowest BCUT2D eigenvalue weighted by Crippen LogP contribution is -2.20. The number of nitrogens with zero attached hydrogens (tertiary/aromatic N) is 2. The summed E-state index contributed by atoms with van der Waals surface area (Å²) < 4.78 is 5.15. The number of hydrogen-bond acceptors (Lipinski definition) is 6. The van der Waals surface area contributed by atoms with E-state index in [0.29, 0.717) is 0 Å². The summed E-state index contributed by atoms with van der Waals surface area (Å²) in [5.41, 5.74) is 0.194. The first-order chi connectivity index (χ1) is 9.52. The molecule has 0 saturated heterocycles. The molecule has 1 aliphatic rings. The van der Waals surface area contributed by atoms with Gasteiger partial charge in [-0.25, -0.2) is 0 Å². The second-order valence-electron chi connectivity index (χ2n) is 4.30. The predicted octanol–water partition coefficient (Wildman–Crippen LogP) is 1.52. The molecule has 1 aliphatic carbocycles. The van der Waals surface area contributed by atoms with Crippen LogP contribution in [0.25, 0.3) is 0 Å². The molecule has 0 aliphatic heterocycles. The molecule has 0 amide bonds. The van der Waals surface area contributed by atoms with Gasteiger partial charge in [0.25, 0.3) is 0 Å². The molecule has 0 radical (unpaired) electrons. The largest absolute Gasteiger partial charge is 0.449 e. The lowest BCUT2D eigenvalue weighted by molar-refractivity contribution is 0.0945. The standard InChI is InChI=1S/C14H6N2O4/c1-6(17)10-3-9-12(18)11-8(13(19)14(9)20-10)2-7(4-15)5-16-11/h2-3,5H,1H3. The number of carbonyl (C=O) groups is 3. The van der Waals surface area contributed by atoms with E-state index in [2.05, 4.69) is 4.98 Å². The Morgan fingerprint density at radius 2 is 2.00 bits per heavy atom. The minimum atomic E-state index is -0.549. The van der Waals surface area contributed by atoms with Gasteiger partial charge in [-0.1, -0.05) is 0 Å². The van der Waals surface area contributed by atoms with Gasteiger partial charge in [-0.05, 0) is 12.1 Å². The molecule has 0 fully saturated rings. The van der Waals surface area contributed by atoms with Crippen molar-refractivity contribution < 1.29 is 18.8 Å². The average Bonchev–Trinajstić information content (AvgIpc) is 2.90. The Morgan fingerprint density at radius 3 is 2.65 bits per heavy atom. The summed E-state index contributed by atoms with van der Waals surface area (Å²) in [7, 11) is 0. The highest BCUT2D eigenvalue weighted by Crippen LogP contribution is 2.29. The second kappa shape index (κ2) is 3.96. The van der Waals surface area contributed by atoms with Gasteiger partial charge in [0.1, 0.15) is 11.8 Å². The molecule has 2 aromatic rings. The van der Waals surface area contributed by atoms with E-state index in [0.717, 1.165) is 0 Å². The summed E-state index contributed by atoms with van der Waals surface area (Å²) in [5.74, 6) is -1.65. The fraction of sp³-hybridized carbons (Fsp3) is 0.0714. The van der Waals surface area contributed by atoms with Crippen LogP contribution in [0.15, 0.2) is 22.7 Å². The maximum atomic E-state index is 12.3. The van der Waals surface area contributed by atoms with E-state index >= 15 is 0 Å². The molecule has 2 aromatic heterocycles. The molecule has 0 atom stereocenters. The summed E-state index contributed by atoms with van der Waals surface area (Å²) in [6.07, 6.45) is 1.22. The van der Waals surface area contributed by atoms with Crippen LogP contribution in [0, 0.1) is 11.3 Å². The quantitative estimate of drug-likeness (QED) is 0.619. The number of rotatable bonds is 1. The van der Waals surface area contributed by atoms with Gasteiger partial charge in [0, 0.05) is 13.1 Å². The Balaban J connectivity index is 2.25. The Morgan fingerprint density at radius 1 is 1.25 bits per heavy atom. The van der Waals surface area contributed by atoms with E-state index in [1.165, 1.54) is 25.3 Å². The van der Waals surface area contributed by atoms with E-state index in [4.69, 9.17) is 9.68 Å². The molecular formula is C14H6N2O4. The zero-order valence-corrected chi connectivity index (χ0v) is 10.3. The van der Waals surface area contributed by atoms with Gasteiger partial charge in [-0.2, -0.15) is 5.26 Å². The lowest BCUT2D eigenvalue weighted by atomic mass is 9.91. The molecule has 0 saturated carbocycles. The van der Waals surface area contributed by atoms with Crippen molar-refractivity contribution in [1.29, 1.82) is 5.26 Å². The summed E-state index contributed by atoms with van der Waals surface area (Å²) in [6.45, 7) is 1.28. The SMILES string of the molecule is CC(=O)c1cc2c(o1)C(=O)c1cc(C#N)cnc1C2=O. The summed E-state index contributed by atoms with van der Waals surface area (Å²) in [4.78, 5) is 39.6. The minimum absolute atomic E-state index is 0.0194. The average molecular weight is 266 g/mol. The van der Waals surface area contributed by atoms with Crippen LogP contribution in [0.2, 0.25) is 0 Å². The maximum Gasteiger partial charge on any atom is 0.231 e. The number of fused-ring (bicyclic) bond motifs is 2. The molecule has 0 N–H and O–H groups in total. The first-order valence-electron chi connectivity index (χ1n) is 5.67. The highest BCUT2D eigenvalue weighted by atomic mass is 16.4. The predicted molar refractivity (Wildman–Crippen MR) is 64.5 cm³/mol. The number of ketones is 3. The van der Waals surface area contributed by atoms with Crippen molar-refractivity contribution in [2.45, 2.75) is 6.92 Å². The Hall–Kier alpha value is -3.07. The Kier molecular flexibility index (Phi) is 2.38. The highest BCUT2D eigenvalue weighted by molar-refractivity contribution is 6.27. The van der Waals surface area contributed by atoms with E-state index in [1.807, 2.05) is 6.07 Å². The van der Waals surface area contributed by atoms with E-state index in [1.54, 1.807) is 0 Å². The van der Waals surface area contributed by atoms with Crippen LogP contribution in [-0.2, 0) is 0 Å². The zero-order chi connectivity index (χ0) is 14.4. The van der Waals surface area contributed by atoms with E-state index < -0.39 is 11.6 Å². The van der Waals surface area contributed by atoms with Crippen LogP contribution >= 0.6 is 0 Å². The molecule has 0 spiro atoms. The number of nitriles is 1. The first-order valence-corrected chi connectivity index (χ1v) is 5.67. The van der Waals surface area contributed by atoms with Crippen LogP contribution in [0.3, 0.4) is 0 Å². The molecular weight excluding hydrogens is 260 g/mol. The monoisotopic (exact) mass is 266 g/mol. The summed E-state index contributed by atoms with van der Waals surface area (Å²) in [6, 6.07) is 4.39. The van der Waals surface area contributed by atoms with Gasteiger partial charge in [0.2, 0.25) is 11.6 Å². The van der Waals surface area contributed by atoms with Gasteiger partial charge < -0.3 is 4.42 Å². The normalized spacial score (nSPS) is 12.6. The van der Waals surface area contributed by atoms with Gasteiger partial charge in [0.05, 0.1) is 16.7 Å². The smallest absolute Gasteiger partial charge is 0.231 e. The molecule has 3 rings (SSSR count). The van der Waals surface area contributed by atoms with Crippen molar-refractivity contribution in [2.75, 3.05) is 0 Å². The zero-order valence-electron chi connectivity index (χ0n) is 10.3. The highest BCUT2D eigenvalue weighted by Gasteiger charge is 2.35. The third-order valence-corrected chi connectivity index (χ3v) is 3.01. The van der Waals surface area contributed by atoms with Crippen LogP contribution in [0.5, 0.6) is 0 Å². The number of hydrogen-bond donors (Lipinski definition) is 0. The van der Waals surface area contributed by atoms with Crippen molar-refractivity contribution in [3.05, 3.63) is 52.2 Å².